The summed E-state index contributed by atoms with van der Waals surface area (Å²) >= 11 is 1.73. The molecule has 0 bridgehead atoms. The van der Waals surface area contributed by atoms with Gasteiger partial charge >= 0.3 is 0 Å². The van der Waals surface area contributed by atoms with Gasteiger partial charge in [-0.3, -0.25) is 0 Å². The number of fused-ring (bicyclic) bond motifs is 6. The molecule has 6 aromatic carbocycles. The number of hydrogen-bond acceptors (Lipinski definition) is 7. The third-order valence-corrected chi connectivity index (χ3v) is 10.2. The van der Waals surface area contributed by atoms with Gasteiger partial charge in [-0.25, -0.2) is 24.9 Å². The molecule has 0 aliphatic carbocycles. The van der Waals surface area contributed by atoms with Crippen molar-refractivity contribution in [2.24, 2.45) is 0 Å². The number of benzene rings is 6. The summed E-state index contributed by atoms with van der Waals surface area (Å²) in [5.74, 6) is 2.55. The number of nitrogens with zero attached hydrogens (tertiary/aromatic N) is 5. The Morgan fingerprint density at radius 1 is 0.420 bits per heavy atom. The lowest BCUT2D eigenvalue weighted by molar-refractivity contribution is 0.667. The van der Waals surface area contributed by atoms with Crippen LogP contribution in [0.15, 0.2) is 156 Å². The maximum Gasteiger partial charge on any atom is 0.180 e. The summed E-state index contributed by atoms with van der Waals surface area (Å²) in [5, 5.41) is 3.16. The fraction of sp³-hybridized carbons (Fsp3) is 0. The van der Waals surface area contributed by atoms with Crippen molar-refractivity contribution in [1.82, 2.24) is 24.9 Å². The van der Waals surface area contributed by atoms with Gasteiger partial charge in [-0.15, -0.1) is 11.3 Å². The van der Waals surface area contributed by atoms with Crippen molar-refractivity contribution in [2.45, 2.75) is 0 Å². The van der Waals surface area contributed by atoms with Gasteiger partial charge in [0, 0.05) is 53.4 Å². The van der Waals surface area contributed by atoms with Gasteiger partial charge in [0.15, 0.2) is 28.9 Å². The van der Waals surface area contributed by atoms with E-state index in [0.717, 1.165) is 70.2 Å². The minimum Gasteiger partial charge on any atom is -0.452 e. The highest BCUT2D eigenvalue weighted by atomic mass is 32.1. The van der Waals surface area contributed by atoms with Crippen LogP contribution in [0.5, 0.6) is 0 Å². The quantitative estimate of drug-likeness (QED) is 0.183. The Morgan fingerprint density at radius 3 is 1.70 bits per heavy atom. The highest BCUT2D eigenvalue weighted by Crippen LogP contribution is 2.44. The maximum absolute atomic E-state index is 6.37. The second-order valence-electron chi connectivity index (χ2n) is 12.0. The van der Waals surface area contributed by atoms with Gasteiger partial charge in [0.2, 0.25) is 0 Å². The van der Waals surface area contributed by atoms with Crippen molar-refractivity contribution >= 4 is 53.6 Å². The summed E-state index contributed by atoms with van der Waals surface area (Å²) in [5.41, 5.74) is 7.81. The molecular weight excluding hydrogens is 635 g/mol. The van der Waals surface area contributed by atoms with E-state index in [4.69, 9.17) is 29.3 Å². The summed E-state index contributed by atoms with van der Waals surface area (Å²) in [7, 11) is 0. The molecule has 0 unspecified atom stereocenters. The fourth-order valence-electron chi connectivity index (χ4n) is 6.64. The number of aromatic nitrogens is 5. The molecule has 0 atom stereocenters. The van der Waals surface area contributed by atoms with Gasteiger partial charge in [-0.05, 0) is 24.3 Å². The van der Waals surface area contributed by atoms with Crippen molar-refractivity contribution in [2.75, 3.05) is 0 Å². The van der Waals surface area contributed by atoms with E-state index in [9.17, 15) is 0 Å². The van der Waals surface area contributed by atoms with Crippen molar-refractivity contribution < 1.29 is 4.42 Å². The summed E-state index contributed by atoms with van der Waals surface area (Å²) in [6, 6.07) is 51.1. The van der Waals surface area contributed by atoms with Crippen molar-refractivity contribution in [3.05, 3.63) is 152 Å². The zero-order valence-corrected chi connectivity index (χ0v) is 27.3. The van der Waals surface area contributed by atoms with Crippen LogP contribution in [0.2, 0.25) is 0 Å². The lowest BCUT2D eigenvalue weighted by atomic mass is 10.0. The molecule has 0 aliphatic heterocycles. The maximum atomic E-state index is 6.37. The zero-order valence-electron chi connectivity index (χ0n) is 26.5. The lowest BCUT2D eigenvalue weighted by Gasteiger charge is -2.10. The van der Waals surface area contributed by atoms with Crippen LogP contribution in [0.1, 0.15) is 0 Å². The van der Waals surface area contributed by atoms with E-state index in [1.165, 1.54) is 0 Å². The number of furan rings is 1. The van der Waals surface area contributed by atoms with Gasteiger partial charge in [-0.1, -0.05) is 127 Å². The first-order valence-electron chi connectivity index (χ1n) is 16.3. The first-order valence-corrected chi connectivity index (χ1v) is 17.2. The molecule has 7 heteroatoms. The van der Waals surface area contributed by atoms with Crippen LogP contribution in [0.3, 0.4) is 0 Å². The van der Waals surface area contributed by atoms with E-state index in [-0.39, 0.29) is 0 Å². The second kappa shape index (κ2) is 11.5. The largest absolute Gasteiger partial charge is 0.452 e. The predicted octanol–water partition coefficient (Wildman–Crippen LogP) is 11.3. The van der Waals surface area contributed by atoms with E-state index >= 15 is 0 Å². The Labute approximate surface area is 290 Å². The summed E-state index contributed by atoms with van der Waals surface area (Å²) < 4.78 is 8.60. The Hall–Kier alpha value is -6.57. The lowest BCUT2D eigenvalue weighted by Crippen LogP contribution is -2.00. The Morgan fingerprint density at radius 2 is 0.980 bits per heavy atom. The molecule has 0 radical (unpaired) electrons. The number of thiophene rings is 1. The van der Waals surface area contributed by atoms with Gasteiger partial charge in [0.1, 0.15) is 16.8 Å². The molecule has 0 amide bonds. The molecule has 10 rings (SSSR count). The highest BCUT2D eigenvalue weighted by Gasteiger charge is 2.22. The van der Waals surface area contributed by atoms with Crippen LogP contribution in [0.4, 0.5) is 0 Å². The van der Waals surface area contributed by atoms with Crippen molar-refractivity contribution in [3.63, 3.8) is 0 Å². The molecule has 0 spiro atoms. The third-order valence-electron chi connectivity index (χ3n) is 8.97. The predicted molar refractivity (Wildman–Crippen MR) is 203 cm³/mol. The molecule has 0 aliphatic rings. The summed E-state index contributed by atoms with van der Waals surface area (Å²) in [6.45, 7) is 0. The Bertz CT molecular complexity index is 2810. The highest BCUT2D eigenvalue weighted by molar-refractivity contribution is 7.26. The number of para-hydroxylation sites is 1. The van der Waals surface area contributed by atoms with E-state index in [1.807, 2.05) is 97.1 Å². The van der Waals surface area contributed by atoms with Crippen LogP contribution in [0.25, 0.3) is 99.1 Å². The smallest absolute Gasteiger partial charge is 0.180 e. The molecular formula is C43H25N5OS. The minimum absolute atomic E-state index is 0.627. The molecule has 10 aromatic rings. The number of rotatable bonds is 5. The van der Waals surface area contributed by atoms with Crippen LogP contribution in [0, 0.1) is 0 Å². The van der Waals surface area contributed by atoms with Crippen LogP contribution >= 0.6 is 11.3 Å². The third kappa shape index (κ3) is 4.67. The molecule has 50 heavy (non-hydrogen) atoms. The van der Waals surface area contributed by atoms with Gasteiger partial charge in [-0.2, -0.15) is 0 Å². The first kappa shape index (κ1) is 28.4. The van der Waals surface area contributed by atoms with E-state index in [0.29, 0.717) is 28.9 Å². The average molecular weight is 660 g/mol. The minimum atomic E-state index is 0.627. The van der Waals surface area contributed by atoms with E-state index in [2.05, 4.69) is 54.6 Å². The van der Waals surface area contributed by atoms with Crippen LogP contribution in [-0.4, -0.2) is 24.9 Å². The van der Waals surface area contributed by atoms with Gasteiger partial charge < -0.3 is 4.42 Å². The topological polar surface area (TPSA) is 77.6 Å². The second-order valence-corrected chi connectivity index (χ2v) is 13.1. The molecule has 0 saturated carbocycles. The monoisotopic (exact) mass is 659 g/mol. The van der Waals surface area contributed by atoms with Gasteiger partial charge in [0.05, 0.1) is 0 Å². The van der Waals surface area contributed by atoms with E-state index < -0.39 is 0 Å². The number of hydrogen-bond donors (Lipinski definition) is 0. The molecule has 4 aromatic heterocycles. The van der Waals surface area contributed by atoms with Crippen molar-refractivity contribution in [1.29, 1.82) is 0 Å². The van der Waals surface area contributed by atoms with Crippen LogP contribution < -0.4 is 0 Å². The van der Waals surface area contributed by atoms with Crippen molar-refractivity contribution in [3.8, 4) is 56.8 Å². The zero-order chi connectivity index (χ0) is 33.0. The molecule has 0 fully saturated rings. The average Bonchev–Trinajstić information content (AvgIpc) is 3.77. The Kier molecular flexibility index (Phi) is 6.57. The molecule has 6 nitrogen and oxygen atoms in total. The summed E-state index contributed by atoms with van der Waals surface area (Å²) in [6.07, 6.45) is 0. The molecule has 0 saturated heterocycles. The molecule has 234 valence electrons. The standard InChI is InChI=1S/C43H25N5OS/c1-4-14-26(15-5-1)36-38-37(29-20-10-11-24-33(29)49-38)45-43(44-36)32-23-12-21-30-35-31(22-13-25-34(35)50-39(30)32)42-47-40(27-16-6-2-7-17-27)46-41(48-42)28-18-8-3-9-19-28/h1-25H. The Balaban J connectivity index is 1.21. The van der Waals surface area contributed by atoms with Gasteiger partial charge in [0.25, 0.3) is 0 Å². The fourth-order valence-corrected chi connectivity index (χ4v) is 7.88. The van der Waals surface area contributed by atoms with E-state index in [1.54, 1.807) is 11.3 Å². The molecule has 0 N–H and O–H groups in total. The SMILES string of the molecule is c1ccc(-c2nc(-c3ccccc3)nc(-c3cccc4sc5c(-c6nc(-c7ccccc7)c7oc8ccccc8c7n6)cccc5c34)n2)cc1. The summed E-state index contributed by atoms with van der Waals surface area (Å²) in [4.78, 5) is 25.4. The van der Waals surface area contributed by atoms with Crippen LogP contribution in [-0.2, 0) is 0 Å². The molecule has 4 heterocycles. The normalized spacial score (nSPS) is 11.6. The first-order chi connectivity index (χ1) is 24.8.